The van der Waals surface area contributed by atoms with Crippen LogP contribution in [0.5, 0.6) is 0 Å². The highest BCUT2D eigenvalue weighted by Gasteiger charge is 2.22. The molecule has 1 saturated heterocycles. The number of nitrogens with zero attached hydrogens (tertiary/aromatic N) is 1. The molecule has 1 aromatic carbocycles. The van der Waals surface area contributed by atoms with Crippen molar-refractivity contribution in [2.24, 2.45) is 11.7 Å². The Morgan fingerprint density at radius 2 is 2.24 bits per heavy atom. The molecule has 0 saturated carbocycles. The van der Waals surface area contributed by atoms with Gasteiger partial charge in [-0.25, -0.2) is 4.39 Å². The van der Waals surface area contributed by atoms with Crippen LogP contribution in [-0.2, 0) is 6.54 Å². The van der Waals surface area contributed by atoms with Gasteiger partial charge < -0.3 is 5.73 Å². The number of hydrogen-bond donors (Lipinski definition) is 1. The molecule has 0 radical (unpaired) electrons. The maximum atomic E-state index is 13.2. The smallest absolute Gasteiger partial charge is 0.123 e. The summed E-state index contributed by atoms with van der Waals surface area (Å²) < 4.78 is 14.2. The molecule has 2 N–H and O–H groups in total. The standard InChI is InChI=1S/C13H18BrFN2/c1-9-4-12(16)8-17(6-9)7-10-5-11(15)2-3-13(10)14/h2-3,5,9,12H,4,6-8,16H2,1H3. The number of rotatable bonds is 2. The molecule has 1 heterocycles. The molecule has 2 atom stereocenters. The van der Waals surface area contributed by atoms with Crippen LogP contribution in [0.3, 0.4) is 0 Å². The van der Waals surface area contributed by atoms with Gasteiger partial charge in [0.25, 0.3) is 0 Å². The summed E-state index contributed by atoms with van der Waals surface area (Å²) in [4.78, 5) is 2.30. The highest BCUT2D eigenvalue weighted by atomic mass is 79.9. The molecule has 17 heavy (non-hydrogen) atoms. The van der Waals surface area contributed by atoms with E-state index in [9.17, 15) is 4.39 Å². The average Bonchev–Trinajstić information content (AvgIpc) is 2.22. The van der Waals surface area contributed by atoms with Crippen LogP contribution in [0.4, 0.5) is 4.39 Å². The van der Waals surface area contributed by atoms with Crippen molar-refractivity contribution in [3.63, 3.8) is 0 Å². The van der Waals surface area contributed by atoms with Crippen LogP contribution in [0.1, 0.15) is 18.9 Å². The Hall–Kier alpha value is -0.450. The molecule has 0 amide bonds. The minimum absolute atomic E-state index is 0.183. The highest BCUT2D eigenvalue weighted by molar-refractivity contribution is 9.10. The second kappa shape index (κ2) is 5.46. The van der Waals surface area contributed by atoms with Crippen LogP contribution in [0.2, 0.25) is 0 Å². The lowest BCUT2D eigenvalue weighted by Crippen LogP contribution is -2.45. The fourth-order valence-corrected chi connectivity index (χ4v) is 2.92. The number of nitrogens with two attached hydrogens (primary N) is 1. The molecule has 94 valence electrons. The summed E-state index contributed by atoms with van der Waals surface area (Å²) in [5.74, 6) is 0.434. The third kappa shape index (κ3) is 3.50. The van der Waals surface area contributed by atoms with Gasteiger partial charge in [-0.15, -0.1) is 0 Å². The molecular formula is C13H18BrFN2. The largest absolute Gasteiger partial charge is 0.327 e. The Kier molecular flexibility index (Phi) is 4.17. The quantitative estimate of drug-likeness (QED) is 0.910. The molecule has 0 spiro atoms. The monoisotopic (exact) mass is 300 g/mol. The lowest BCUT2D eigenvalue weighted by molar-refractivity contribution is 0.158. The predicted octanol–water partition coefficient (Wildman–Crippen LogP) is 2.76. The second-order valence-electron chi connectivity index (χ2n) is 5.03. The average molecular weight is 301 g/mol. The van der Waals surface area contributed by atoms with Gasteiger partial charge in [-0.2, -0.15) is 0 Å². The Morgan fingerprint density at radius 1 is 1.47 bits per heavy atom. The van der Waals surface area contributed by atoms with Crippen LogP contribution >= 0.6 is 15.9 Å². The minimum Gasteiger partial charge on any atom is -0.327 e. The summed E-state index contributed by atoms with van der Waals surface area (Å²) in [6.07, 6.45) is 1.08. The van der Waals surface area contributed by atoms with Gasteiger partial charge in [-0.3, -0.25) is 4.90 Å². The number of likely N-dealkylation sites (tertiary alicyclic amines) is 1. The lowest BCUT2D eigenvalue weighted by atomic mass is 9.96. The maximum Gasteiger partial charge on any atom is 0.123 e. The van der Waals surface area contributed by atoms with Crippen LogP contribution in [0, 0.1) is 11.7 Å². The zero-order chi connectivity index (χ0) is 12.4. The van der Waals surface area contributed by atoms with E-state index < -0.39 is 0 Å². The zero-order valence-electron chi connectivity index (χ0n) is 10.00. The summed E-state index contributed by atoms with van der Waals surface area (Å²) in [5, 5.41) is 0. The number of piperidine rings is 1. The molecule has 2 unspecified atom stereocenters. The lowest BCUT2D eigenvalue weighted by Gasteiger charge is -2.34. The van der Waals surface area contributed by atoms with E-state index in [1.54, 1.807) is 12.1 Å². The Morgan fingerprint density at radius 3 is 2.94 bits per heavy atom. The number of halogens is 2. The van der Waals surface area contributed by atoms with Gasteiger partial charge in [0.15, 0.2) is 0 Å². The molecular weight excluding hydrogens is 283 g/mol. The Balaban J connectivity index is 2.07. The fraction of sp³-hybridized carbons (Fsp3) is 0.538. The van der Waals surface area contributed by atoms with Gasteiger partial charge in [0.1, 0.15) is 5.82 Å². The molecule has 4 heteroatoms. The molecule has 1 aliphatic rings. The first-order chi connectivity index (χ1) is 8.04. The van der Waals surface area contributed by atoms with Crippen LogP contribution < -0.4 is 5.73 Å². The minimum atomic E-state index is -0.183. The van der Waals surface area contributed by atoms with Gasteiger partial charge >= 0.3 is 0 Å². The first-order valence-corrected chi connectivity index (χ1v) is 6.75. The summed E-state index contributed by atoms with van der Waals surface area (Å²) in [7, 11) is 0. The van der Waals surface area contributed by atoms with E-state index in [1.165, 1.54) is 6.07 Å². The second-order valence-corrected chi connectivity index (χ2v) is 5.89. The molecule has 1 aliphatic heterocycles. The molecule has 0 aliphatic carbocycles. The number of hydrogen-bond acceptors (Lipinski definition) is 2. The van der Waals surface area contributed by atoms with Crippen LogP contribution in [0.25, 0.3) is 0 Å². The third-order valence-electron chi connectivity index (χ3n) is 3.17. The topological polar surface area (TPSA) is 29.3 Å². The van der Waals surface area contributed by atoms with Crippen molar-refractivity contribution in [3.8, 4) is 0 Å². The summed E-state index contributed by atoms with van der Waals surface area (Å²) in [6, 6.07) is 5.07. The SMILES string of the molecule is CC1CC(N)CN(Cc2cc(F)ccc2Br)C1. The van der Waals surface area contributed by atoms with Crippen molar-refractivity contribution in [1.82, 2.24) is 4.90 Å². The van der Waals surface area contributed by atoms with Crippen molar-refractivity contribution >= 4 is 15.9 Å². The highest BCUT2D eigenvalue weighted by Crippen LogP contribution is 2.22. The fourth-order valence-electron chi connectivity index (χ4n) is 2.55. The summed E-state index contributed by atoms with van der Waals surface area (Å²) in [5.41, 5.74) is 7.00. The number of benzene rings is 1. The first kappa shape index (κ1) is 13.0. The Bertz CT molecular complexity index is 387. The van der Waals surface area contributed by atoms with Crippen LogP contribution in [0.15, 0.2) is 22.7 Å². The van der Waals surface area contributed by atoms with Crippen molar-refractivity contribution < 1.29 is 4.39 Å². The normalized spacial score (nSPS) is 26.1. The molecule has 1 fully saturated rings. The Labute approximate surface area is 110 Å². The summed E-state index contributed by atoms with van der Waals surface area (Å²) in [6.45, 7) is 4.91. The van der Waals surface area contributed by atoms with Crippen LogP contribution in [-0.4, -0.2) is 24.0 Å². The third-order valence-corrected chi connectivity index (χ3v) is 3.94. The van der Waals surface area contributed by atoms with Crippen molar-refractivity contribution in [2.45, 2.75) is 25.9 Å². The van der Waals surface area contributed by atoms with Gasteiger partial charge in [-0.1, -0.05) is 22.9 Å². The molecule has 2 nitrogen and oxygen atoms in total. The molecule has 0 aromatic heterocycles. The summed E-state index contributed by atoms with van der Waals surface area (Å²) >= 11 is 3.46. The van der Waals surface area contributed by atoms with Gasteiger partial charge in [0, 0.05) is 30.1 Å². The van der Waals surface area contributed by atoms with Crippen molar-refractivity contribution in [1.29, 1.82) is 0 Å². The predicted molar refractivity (Wildman–Crippen MR) is 71.1 cm³/mol. The van der Waals surface area contributed by atoms with E-state index in [2.05, 4.69) is 27.8 Å². The van der Waals surface area contributed by atoms with E-state index in [1.807, 2.05) is 0 Å². The van der Waals surface area contributed by atoms with Gasteiger partial charge in [0.05, 0.1) is 0 Å². The maximum absolute atomic E-state index is 13.2. The molecule has 0 bridgehead atoms. The van der Waals surface area contributed by atoms with E-state index in [0.29, 0.717) is 5.92 Å². The van der Waals surface area contributed by atoms with E-state index in [0.717, 1.165) is 36.1 Å². The van der Waals surface area contributed by atoms with E-state index in [4.69, 9.17) is 5.73 Å². The molecule has 1 aromatic rings. The van der Waals surface area contributed by atoms with Gasteiger partial charge in [-0.05, 0) is 36.1 Å². The first-order valence-electron chi connectivity index (χ1n) is 5.96. The molecule has 2 rings (SSSR count). The van der Waals surface area contributed by atoms with Crippen molar-refractivity contribution in [2.75, 3.05) is 13.1 Å². The van der Waals surface area contributed by atoms with Gasteiger partial charge in [0.2, 0.25) is 0 Å². The van der Waals surface area contributed by atoms with E-state index in [-0.39, 0.29) is 11.9 Å². The zero-order valence-corrected chi connectivity index (χ0v) is 11.6. The van der Waals surface area contributed by atoms with Crippen molar-refractivity contribution in [3.05, 3.63) is 34.1 Å². The van der Waals surface area contributed by atoms with E-state index >= 15 is 0 Å².